The highest BCUT2D eigenvalue weighted by Gasteiger charge is 2.27. The van der Waals surface area contributed by atoms with Crippen LogP contribution in [0.5, 0.6) is 0 Å². The van der Waals surface area contributed by atoms with Crippen LogP contribution in [0.2, 0.25) is 0 Å². The number of unbranched alkanes of at least 4 members (excludes halogenated alkanes) is 2. The van der Waals surface area contributed by atoms with Crippen molar-refractivity contribution in [3.63, 3.8) is 0 Å². The van der Waals surface area contributed by atoms with Crippen LogP contribution in [0.15, 0.2) is 36.4 Å². The summed E-state index contributed by atoms with van der Waals surface area (Å²) < 4.78 is 28.0. The molecule has 0 aliphatic carbocycles. The van der Waals surface area contributed by atoms with Crippen molar-refractivity contribution in [3.8, 4) is 0 Å². The van der Waals surface area contributed by atoms with Gasteiger partial charge in [-0.25, -0.2) is 13.2 Å². The maximum absolute atomic E-state index is 12.9. The molecule has 1 aromatic carbocycles. The minimum Gasteiger partial charge on any atom is -0.445 e. The Balaban J connectivity index is -0.00000452. The molecular formula is C33H57N5O9S. The highest BCUT2D eigenvalue weighted by molar-refractivity contribution is 7.90. The Morgan fingerprint density at radius 2 is 1.52 bits per heavy atom. The molecule has 0 unspecified atom stereocenters. The van der Waals surface area contributed by atoms with Gasteiger partial charge >= 0.3 is 6.09 Å². The smallest absolute Gasteiger partial charge is 0.410 e. The molecule has 6 amide bonds. The van der Waals surface area contributed by atoms with Gasteiger partial charge in [0, 0.05) is 54.4 Å². The predicted molar refractivity (Wildman–Crippen MR) is 189 cm³/mol. The number of ether oxygens (including phenoxy) is 1. The van der Waals surface area contributed by atoms with Crippen molar-refractivity contribution in [2.45, 2.75) is 85.9 Å². The molecule has 1 heterocycles. The fourth-order valence-electron chi connectivity index (χ4n) is 4.36. The standard InChI is InChI=1S/C31H45N5O9S.C2H6.3H2/c1-6-35(18-19-46(5,43)44)31(42)45-20-23-11-13-24(14-12-23)33-29(40)22(4)32-30(41)28(21(2)3)34-25(37)10-8-7-9-17-36-26(38)15-16-27(36)39;1-2;;;/h11-16,21-22,28H,6-10,17-20H2,1-5H3,(H,32,41)(H,33,40)(H,34,37);1-2H3;3*1H/t22-,28-;;;;/m0..../s1. The highest BCUT2D eigenvalue weighted by Crippen LogP contribution is 2.13. The highest BCUT2D eigenvalue weighted by atomic mass is 32.2. The van der Waals surface area contributed by atoms with Gasteiger partial charge in [0.05, 0.1) is 5.75 Å². The minimum atomic E-state index is -3.22. The number of hydrogen-bond acceptors (Lipinski definition) is 9. The number of imide groups is 1. The number of benzene rings is 1. The molecule has 0 saturated heterocycles. The van der Waals surface area contributed by atoms with Crippen molar-refractivity contribution in [2.75, 3.05) is 37.0 Å². The fourth-order valence-corrected chi connectivity index (χ4v) is 4.91. The zero-order valence-corrected chi connectivity index (χ0v) is 29.9. The molecule has 0 aromatic heterocycles. The van der Waals surface area contributed by atoms with Gasteiger partial charge in [0.15, 0.2) is 0 Å². The number of anilines is 1. The van der Waals surface area contributed by atoms with Crippen molar-refractivity contribution < 1.29 is 46.2 Å². The summed E-state index contributed by atoms with van der Waals surface area (Å²) >= 11 is 0. The molecule has 274 valence electrons. The second kappa shape index (κ2) is 20.9. The molecule has 0 radical (unpaired) electrons. The van der Waals surface area contributed by atoms with Crippen LogP contribution in [0.1, 0.15) is 77.1 Å². The molecule has 14 nitrogen and oxygen atoms in total. The van der Waals surface area contributed by atoms with Crippen LogP contribution in [0.3, 0.4) is 0 Å². The normalized spacial score (nSPS) is 13.7. The van der Waals surface area contributed by atoms with Crippen molar-refractivity contribution in [1.29, 1.82) is 0 Å². The van der Waals surface area contributed by atoms with Gasteiger partial charge < -0.3 is 25.6 Å². The van der Waals surface area contributed by atoms with E-state index >= 15 is 0 Å². The van der Waals surface area contributed by atoms with Crippen LogP contribution in [0.4, 0.5) is 10.5 Å². The number of carbonyl (C=O) groups is 6. The number of hydrogen-bond donors (Lipinski definition) is 3. The third-order valence-corrected chi connectivity index (χ3v) is 8.08. The summed E-state index contributed by atoms with van der Waals surface area (Å²) in [4.78, 5) is 76.2. The van der Waals surface area contributed by atoms with E-state index in [-0.39, 0.29) is 59.8 Å². The van der Waals surface area contributed by atoms with Gasteiger partial charge in [0.1, 0.15) is 28.5 Å². The summed E-state index contributed by atoms with van der Waals surface area (Å²) in [6.07, 6.45) is 4.80. The topological polar surface area (TPSA) is 188 Å². The molecule has 1 aliphatic rings. The third kappa shape index (κ3) is 15.1. The van der Waals surface area contributed by atoms with E-state index in [0.29, 0.717) is 37.1 Å². The monoisotopic (exact) mass is 699 g/mol. The van der Waals surface area contributed by atoms with Gasteiger partial charge in [-0.3, -0.25) is 28.9 Å². The average Bonchev–Trinajstić information content (AvgIpc) is 3.35. The largest absolute Gasteiger partial charge is 0.445 e. The quantitative estimate of drug-likeness (QED) is 0.152. The van der Waals surface area contributed by atoms with E-state index in [4.69, 9.17) is 4.74 Å². The Bertz CT molecular complexity index is 1390. The number of rotatable bonds is 18. The fraction of sp³-hybridized carbons (Fsp3) is 0.576. The molecule has 0 bridgehead atoms. The second-order valence-corrected chi connectivity index (χ2v) is 13.7. The summed E-state index contributed by atoms with van der Waals surface area (Å²) in [5.74, 6) is -2.38. The second-order valence-electron chi connectivity index (χ2n) is 11.4. The molecule has 3 N–H and O–H groups in total. The summed E-state index contributed by atoms with van der Waals surface area (Å²) in [5.41, 5.74) is 1.10. The van der Waals surface area contributed by atoms with Gasteiger partial charge in [-0.15, -0.1) is 0 Å². The number of nitrogens with zero attached hydrogens (tertiary/aromatic N) is 2. The van der Waals surface area contributed by atoms with E-state index in [1.165, 1.54) is 24.0 Å². The Hall–Kier alpha value is -4.27. The van der Waals surface area contributed by atoms with Gasteiger partial charge in [-0.2, -0.15) is 0 Å². The van der Waals surface area contributed by atoms with Crippen LogP contribution in [-0.4, -0.2) is 97.6 Å². The Labute approximate surface area is 288 Å². The summed E-state index contributed by atoms with van der Waals surface area (Å²) in [6, 6.07) is 4.78. The average molecular weight is 700 g/mol. The first kappa shape index (κ1) is 41.8. The van der Waals surface area contributed by atoms with Crippen LogP contribution < -0.4 is 16.0 Å². The molecule has 1 aliphatic heterocycles. The maximum Gasteiger partial charge on any atom is 0.410 e. The number of sulfone groups is 1. The van der Waals surface area contributed by atoms with Crippen molar-refractivity contribution in [2.24, 2.45) is 5.92 Å². The maximum atomic E-state index is 12.9. The van der Waals surface area contributed by atoms with Gasteiger partial charge in [-0.05, 0) is 50.3 Å². The zero-order valence-electron chi connectivity index (χ0n) is 29.0. The molecule has 2 rings (SSSR count). The summed E-state index contributed by atoms with van der Waals surface area (Å²) in [5, 5.41) is 8.08. The van der Waals surface area contributed by atoms with Crippen LogP contribution >= 0.6 is 0 Å². The molecule has 48 heavy (non-hydrogen) atoms. The van der Waals surface area contributed by atoms with E-state index in [1.54, 1.807) is 45.0 Å². The van der Waals surface area contributed by atoms with Crippen molar-refractivity contribution >= 4 is 51.2 Å². The zero-order chi connectivity index (χ0) is 36.4. The van der Waals surface area contributed by atoms with E-state index < -0.39 is 39.8 Å². The van der Waals surface area contributed by atoms with Crippen molar-refractivity contribution in [1.82, 2.24) is 20.4 Å². The van der Waals surface area contributed by atoms with E-state index in [1.807, 2.05) is 13.8 Å². The summed E-state index contributed by atoms with van der Waals surface area (Å²) in [6.45, 7) is 11.4. The Kier molecular flexibility index (Phi) is 18.1. The first-order valence-electron chi connectivity index (χ1n) is 16.2. The number of carbonyl (C=O) groups excluding carboxylic acids is 6. The van der Waals surface area contributed by atoms with Gasteiger partial charge in [0.2, 0.25) is 17.7 Å². The number of amides is 6. The minimum absolute atomic E-state index is 0. The molecule has 1 aromatic rings. The van der Waals surface area contributed by atoms with E-state index in [0.717, 1.165) is 11.2 Å². The Morgan fingerprint density at radius 1 is 0.917 bits per heavy atom. The molecule has 2 atom stereocenters. The van der Waals surface area contributed by atoms with Crippen molar-refractivity contribution in [3.05, 3.63) is 42.0 Å². The van der Waals surface area contributed by atoms with Crippen LogP contribution in [0, 0.1) is 5.92 Å². The molecule has 0 fully saturated rings. The first-order chi connectivity index (χ1) is 22.6. The van der Waals surface area contributed by atoms with Crippen LogP contribution in [-0.2, 0) is 45.2 Å². The Morgan fingerprint density at radius 3 is 2.06 bits per heavy atom. The molecule has 0 spiro atoms. The van der Waals surface area contributed by atoms with Crippen LogP contribution in [0.25, 0.3) is 0 Å². The molecular weight excluding hydrogens is 642 g/mol. The predicted octanol–water partition coefficient (Wildman–Crippen LogP) is 3.52. The lowest BCUT2D eigenvalue weighted by Gasteiger charge is -2.24. The SMILES string of the molecule is CC.CCN(CCS(C)(=O)=O)C(=O)OCc1ccc(NC(=O)[C@H](C)NC(=O)[C@@H](NC(=O)CCCCCN2C(=O)C=CC2=O)C(C)C)cc1.[HH].[HH].[HH]. The van der Waals surface area contributed by atoms with E-state index in [9.17, 15) is 37.2 Å². The van der Waals surface area contributed by atoms with Gasteiger partial charge in [0.25, 0.3) is 11.8 Å². The lowest BCUT2D eigenvalue weighted by Crippen LogP contribution is -2.53. The lowest BCUT2D eigenvalue weighted by atomic mass is 10.0. The molecule has 0 saturated carbocycles. The molecule has 15 heteroatoms. The third-order valence-electron chi connectivity index (χ3n) is 7.16. The number of nitrogens with one attached hydrogen (secondary N) is 3. The lowest BCUT2D eigenvalue weighted by molar-refractivity contribution is -0.137. The van der Waals surface area contributed by atoms with E-state index in [2.05, 4.69) is 16.0 Å². The first-order valence-corrected chi connectivity index (χ1v) is 18.3. The summed E-state index contributed by atoms with van der Waals surface area (Å²) in [7, 11) is -3.22. The van der Waals surface area contributed by atoms with Gasteiger partial charge in [-0.1, -0.05) is 46.2 Å².